The highest BCUT2D eigenvalue weighted by Gasteiger charge is 2.12. The summed E-state index contributed by atoms with van der Waals surface area (Å²) < 4.78 is 1.74. The predicted octanol–water partition coefficient (Wildman–Crippen LogP) is 5.19. The second-order valence-electron chi connectivity index (χ2n) is 5.49. The maximum absolute atomic E-state index is 12.3. The fourth-order valence-corrected chi connectivity index (χ4v) is 2.74. The van der Waals surface area contributed by atoms with Crippen molar-refractivity contribution >= 4 is 40.7 Å². The molecule has 3 aromatic rings. The minimum absolute atomic E-state index is 0.299. The lowest BCUT2D eigenvalue weighted by Gasteiger charge is -2.11. The molecule has 3 rings (SSSR count). The van der Waals surface area contributed by atoms with E-state index in [4.69, 9.17) is 23.2 Å². The number of aromatic nitrogens is 2. The summed E-state index contributed by atoms with van der Waals surface area (Å²) in [6, 6.07) is 16.3. The average molecular weight is 375 g/mol. The Morgan fingerprint density at radius 1 is 1.08 bits per heavy atom. The zero-order valence-electron chi connectivity index (χ0n) is 13.5. The van der Waals surface area contributed by atoms with Gasteiger partial charge < -0.3 is 5.32 Å². The van der Waals surface area contributed by atoms with Crippen LogP contribution >= 0.6 is 23.2 Å². The molecule has 2 aromatic carbocycles. The van der Waals surface area contributed by atoms with Gasteiger partial charge >= 0.3 is 6.03 Å². The number of nitrogens with zero attached hydrogens (tertiary/aromatic N) is 2. The molecule has 0 spiro atoms. The lowest BCUT2D eigenvalue weighted by Crippen LogP contribution is -2.22. The molecule has 0 unspecified atom stereocenters. The van der Waals surface area contributed by atoms with Crippen molar-refractivity contribution in [2.45, 2.75) is 13.5 Å². The molecule has 0 radical (unpaired) electrons. The Bertz CT molecular complexity index is 893. The molecule has 0 aliphatic heterocycles. The molecule has 7 heteroatoms. The fourth-order valence-electron chi connectivity index (χ4n) is 2.39. The molecule has 0 bridgehead atoms. The summed E-state index contributed by atoms with van der Waals surface area (Å²) in [5.41, 5.74) is 2.34. The monoisotopic (exact) mass is 374 g/mol. The van der Waals surface area contributed by atoms with E-state index >= 15 is 0 Å². The van der Waals surface area contributed by atoms with Crippen LogP contribution in [0.4, 0.5) is 16.3 Å². The minimum atomic E-state index is -0.418. The summed E-state index contributed by atoms with van der Waals surface area (Å²) in [5.74, 6) is 0.594. The SMILES string of the molecule is Cc1cc(NC(=O)Nc2cccc(Cl)c2Cl)n(Cc2ccccc2)n1. The highest BCUT2D eigenvalue weighted by Crippen LogP contribution is 2.29. The number of amides is 2. The summed E-state index contributed by atoms with van der Waals surface area (Å²) in [7, 11) is 0. The smallest absolute Gasteiger partial charge is 0.306 e. The number of hydrogen-bond donors (Lipinski definition) is 2. The molecule has 5 nitrogen and oxygen atoms in total. The number of hydrogen-bond acceptors (Lipinski definition) is 2. The van der Waals surface area contributed by atoms with E-state index in [1.807, 2.05) is 43.3 Å². The minimum Gasteiger partial charge on any atom is -0.306 e. The average Bonchev–Trinajstić information content (AvgIpc) is 2.92. The Hall–Kier alpha value is -2.50. The first-order valence-corrected chi connectivity index (χ1v) is 8.39. The van der Waals surface area contributed by atoms with Crippen molar-refractivity contribution in [2.24, 2.45) is 0 Å². The van der Waals surface area contributed by atoms with Crippen LogP contribution in [0.15, 0.2) is 54.6 Å². The van der Waals surface area contributed by atoms with E-state index in [2.05, 4.69) is 15.7 Å². The van der Waals surface area contributed by atoms with Crippen molar-refractivity contribution in [2.75, 3.05) is 10.6 Å². The number of carbonyl (C=O) groups excluding carboxylic acids is 1. The van der Waals surface area contributed by atoms with Gasteiger partial charge in [0.05, 0.1) is 28.0 Å². The molecule has 0 atom stereocenters. The fraction of sp³-hybridized carbons (Fsp3) is 0.111. The Balaban J connectivity index is 1.74. The van der Waals surface area contributed by atoms with Crippen LogP contribution in [0.2, 0.25) is 10.0 Å². The molecular formula is C18H16Cl2N4O. The third-order valence-electron chi connectivity index (χ3n) is 3.52. The van der Waals surface area contributed by atoms with Crippen LogP contribution in [0.1, 0.15) is 11.3 Å². The maximum atomic E-state index is 12.3. The summed E-state index contributed by atoms with van der Waals surface area (Å²) in [6.07, 6.45) is 0. The van der Waals surface area contributed by atoms with E-state index < -0.39 is 6.03 Å². The Labute approximate surface area is 155 Å². The molecule has 0 saturated heterocycles. The topological polar surface area (TPSA) is 59.0 Å². The molecule has 0 saturated carbocycles. The van der Waals surface area contributed by atoms with Gasteiger partial charge in [-0.05, 0) is 24.6 Å². The number of urea groups is 1. The molecular weight excluding hydrogens is 359 g/mol. The molecule has 2 amide bonds. The van der Waals surface area contributed by atoms with E-state index in [9.17, 15) is 4.79 Å². The van der Waals surface area contributed by atoms with Gasteiger partial charge in [0.1, 0.15) is 5.82 Å². The van der Waals surface area contributed by atoms with Gasteiger partial charge in [0.2, 0.25) is 0 Å². The first kappa shape index (κ1) is 17.3. The van der Waals surface area contributed by atoms with Gasteiger partial charge in [-0.25, -0.2) is 9.48 Å². The van der Waals surface area contributed by atoms with Crippen molar-refractivity contribution in [1.29, 1.82) is 0 Å². The van der Waals surface area contributed by atoms with Gasteiger partial charge in [-0.1, -0.05) is 59.6 Å². The van der Waals surface area contributed by atoms with E-state index in [1.54, 1.807) is 22.9 Å². The van der Waals surface area contributed by atoms with Gasteiger partial charge in [-0.15, -0.1) is 0 Å². The van der Waals surface area contributed by atoms with Crippen LogP contribution < -0.4 is 10.6 Å². The first-order valence-electron chi connectivity index (χ1n) is 7.63. The molecule has 128 valence electrons. The third-order valence-corrected chi connectivity index (χ3v) is 4.34. The number of rotatable bonds is 4. The Kier molecular flexibility index (Phi) is 5.26. The van der Waals surface area contributed by atoms with Crippen molar-refractivity contribution in [3.05, 3.63) is 75.9 Å². The Morgan fingerprint density at radius 2 is 1.84 bits per heavy atom. The van der Waals surface area contributed by atoms with E-state index in [-0.39, 0.29) is 0 Å². The quantitative estimate of drug-likeness (QED) is 0.659. The van der Waals surface area contributed by atoms with E-state index in [1.165, 1.54) is 0 Å². The highest BCUT2D eigenvalue weighted by atomic mass is 35.5. The van der Waals surface area contributed by atoms with Gasteiger partial charge in [-0.3, -0.25) is 5.32 Å². The first-order chi connectivity index (χ1) is 12.0. The normalized spacial score (nSPS) is 10.5. The number of halogens is 2. The standard InChI is InChI=1S/C18H16Cl2N4O/c1-12-10-16(24(23-12)11-13-6-3-2-4-7-13)22-18(25)21-15-9-5-8-14(19)17(15)20/h2-10H,11H2,1H3,(H2,21,22,25). The summed E-state index contributed by atoms with van der Waals surface area (Å²) in [4.78, 5) is 12.3. The van der Waals surface area contributed by atoms with Gasteiger partial charge in [-0.2, -0.15) is 5.10 Å². The third kappa shape index (κ3) is 4.32. The number of anilines is 2. The number of benzene rings is 2. The Morgan fingerprint density at radius 3 is 2.60 bits per heavy atom. The zero-order chi connectivity index (χ0) is 17.8. The summed E-state index contributed by atoms with van der Waals surface area (Å²) in [5, 5.41) is 10.6. The number of carbonyl (C=O) groups is 1. The summed E-state index contributed by atoms with van der Waals surface area (Å²) >= 11 is 12.0. The lowest BCUT2D eigenvalue weighted by atomic mass is 10.2. The molecule has 0 aliphatic carbocycles. The van der Waals surface area contributed by atoms with E-state index in [0.29, 0.717) is 28.1 Å². The second kappa shape index (κ2) is 7.59. The molecule has 0 aliphatic rings. The molecule has 25 heavy (non-hydrogen) atoms. The van der Waals surface area contributed by atoms with Crippen LogP contribution in [0.3, 0.4) is 0 Å². The van der Waals surface area contributed by atoms with Crippen LogP contribution in [0.5, 0.6) is 0 Å². The predicted molar refractivity (Wildman–Crippen MR) is 102 cm³/mol. The highest BCUT2D eigenvalue weighted by molar-refractivity contribution is 6.44. The second-order valence-corrected chi connectivity index (χ2v) is 6.28. The van der Waals surface area contributed by atoms with Crippen LogP contribution in [-0.4, -0.2) is 15.8 Å². The van der Waals surface area contributed by atoms with Gasteiger partial charge in [0, 0.05) is 6.07 Å². The molecule has 0 fully saturated rings. The largest absolute Gasteiger partial charge is 0.324 e. The van der Waals surface area contributed by atoms with Crippen LogP contribution in [0.25, 0.3) is 0 Å². The molecule has 1 heterocycles. The molecule has 2 N–H and O–H groups in total. The van der Waals surface area contributed by atoms with Crippen LogP contribution in [0, 0.1) is 6.92 Å². The van der Waals surface area contributed by atoms with Gasteiger partial charge in [0.15, 0.2) is 0 Å². The van der Waals surface area contributed by atoms with E-state index in [0.717, 1.165) is 11.3 Å². The lowest BCUT2D eigenvalue weighted by molar-refractivity contribution is 0.262. The van der Waals surface area contributed by atoms with Crippen molar-refractivity contribution in [3.8, 4) is 0 Å². The van der Waals surface area contributed by atoms with Crippen molar-refractivity contribution < 1.29 is 4.79 Å². The number of aryl methyl sites for hydroxylation is 1. The zero-order valence-corrected chi connectivity index (χ0v) is 15.0. The molecule has 1 aromatic heterocycles. The van der Waals surface area contributed by atoms with Crippen molar-refractivity contribution in [1.82, 2.24) is 9.78 Å². The van der Waals surface area contributed by atoms with Gasteiger partial charge in [0.25, 0.3) is 0 Å². The maximum Gasteiger partial charge on any atom is 0.324 e. The summed E-state index contributed by atoms with van der Waals surface area (Å²) in [6.45, 7) is 2.43. The number of nitrogens with one attached hydrogen (secondary N) is 2. The van der Waals surface area contributed by atoms with Crippen LogP contribution in [-0.2, 0) is 6.54 Å². The van der Waals surface area contributed by atoms with Crippen molar-refractivity contribution in [3.63, 3.8) is 0 Å².